The topological polar surface area (TPSA) is 102 Å². The van der Waals surface area contributed by atoms with Crippen LogP contribution in [0.25, 0.3) is 0 Å². The lowest BCUT2D eigenvalue weighted by atomic mass is 10.2. The normalized spacial score (nSPS) is 25.7. The number of hydrogen-bond acceptors (Lipinski definition) is 4. The number of aliphatic carboxylic acids is 1. The average Bonchev–Trinajstić information content (AvgIpc) is 3.07. The third-order valence-electron chi connectivity index (χ3n) is 3.40. The standard InChI is InChI=1S/C11H19N3O4/c15-6-9(10(16)17)13-11(18)12-7-3-4-14(5-7)8-1-2-8/h7-9,15H,1-6H2,(H,16,17)(H2,12,13,18). The van der Waals surface area contributed by atoms with E-state index in [0.717, 1.165) is 19.5 Å². The lowest BCUT2D eigenvalue weighted by Crippen LogP contribution is -2.51. The largest absolute Gasteiger partial charge is 0.480 e. The molecule has 18 heavy (non-hydrogen) atoms. The molecule has 2 rings (SSSR count). The summed E-state index contributed by atoms with van der Waals surface area (Å²) in [7, 11) is 0. The van der Waals surface area contributed by atoms with Crippen molar-refractivity contribution in [3.8, 4) is 0 Å². The van der Waals surface area contributed by atoms with E-state index in [1.165, 1.54) is 12.8 Å². The Labute approximate surface area is 105 Å². The first-order valence-corrected chi connectivity index (χ1v) is 6.25. The number of aliphatic hydroxyl groups is 1. The highest BCUT2D eigenvalue weighted by atomic mass is 16.4. The van der Waals surface area contributed by atoms with Crippen LogP contribution in [0.4, 0.5) is 4.79 Å². The minimum absolute atomic E-state index is 0.0683. The zero-order valence-corrected chi connectivity index (χ0v) is 10.1. The third-order valence-corrected chi connectivity index (χ3v) is 3.40. The molecule has 0 radical (unpaired) electrons. The number of rotatable bonds is 5. The van der Waals surface area contributed by atoms with E-state index in [4.69, 9.17) is 10.2 Å². The summed E-state index contributed by atoms with van der Waals surface area (Å²) in [5.41, 5.74) is 0. The smallest absolute Gasteiger partial charge is 0.328 e. The van der Waals surface area contributed by atoms with Crippen molar-refractivity contribution in [3.63, 3.8) is 0 Å². The summed E-state index contributed by atoms with van der Waals surface area (Å²) in [6.07, 6.45) is 3.37. The lowest BCUT2D eigenvalue weighted by Gasteiger charge is -2.17. The maximum Gasteiger partial charge on any atom is 0.328 e. The van der Waals surface area contributed by atoms with Crippen LogP contribution in [0.2, 0.25) is 0 Å². The summed E-state index contributed by atoms with van der Waals surface area (Å²) in [5, 5.41) is 22.5. The van der Waals surface area contributed by atoms with Crippen LogP contribution < -0.4 is 10.6 Å². The Balaban J connectivity index is 1.72. The number of carbonyl (C=O) groups is 2. The van der Waals surface area contributed by atoms with E-state index in [1.54, 1.807) is 0 Å². The van der Waals surface area contributed by atoms with Crippen LogP contribution in [0.3, 0.4) is 0 Å². The van der Waals surface area contributed by atoms with Crippen molar-refractivity contribution < 1.29 is 19.8 Å². The lowest BCUT2D eigenvalue weighted by molar-refractivity contribution is -0.140. The zero-order valence-electron chi connectivity index (χ0n) is 10.1. The fourth-order valence-corrected chi connectivity index (χ4v) is 2.25. The number of nitrogens with zero attached hydrogens (tertiary/aromatic N) is 1. The monoisotopic (exact) mass is 257 g/mol. The predicted octanol–water partition coefficient (Wildman–Crippen LogP) is -1.03. The van der Waals surface area contributed by atoms with Crippen LogP contribution in [-0.2, 0) is 4.79 Å². The van der Waals surface area contributed by atoms with Crippen LogP contribution in [0.1, 0.15) is 19.3 Å². The molecule has 0 bridgehead atoms. The SMILES string of the molecule is O=C(NC1CCN(C2CC2)C1)NC(CO)C(=O)O. The molecule has 7 nitrogen and oxygen atoms in total. The minimum Gasteiger partial charge on any atom is -0.480 e. The van der Waals surface area contributed by atoms with Crippen LogP contribution in [-0.4, -0.2) is 64.9 Å². The molecule has 2 unspecified atom stereocenters. The number of carboxylic acids is 1. The first kappa shape index (κ1) is 13.1. The highest BCUT2D eigenvalue weighted by Gasteiger charge is 2.35. The molecule has 1 aliphatic carbocycles. The highest BCUT2D eigenvalue weighted by molar-refractivity contribution is 5.82. The second-order valence-corrected chi connectivity index (χ2v) is 4.90. The van der Waals surface area contributed by atoms with Crippen molar-refractivity contribution >= 4 is 12.0 Å². The van der Waals surface area contributed by atoms with Gasteiger partial charge in [0.2, 0.25) is 0 Å². The van der Waals surface area contributed by atoms with Gasteiger partial charge in [0.1, 0.15) is 0 Å². The second kappa shape index (κ2) is 5.53. The van der Waals surface area contributed by atoms with Gasteiger partial charge in [0.15, 0.2) is 6.04 Å². The zero-order chi connectivity index (χ0) is 13.1. The maximum absolute atomic E-state index is 11.5. The molecule has 2 fully saturated rings. The summed E-state index contributed by atoms with van der Waals surface area (Å²) in [5.74, 6) is -1.24. The molecule has 1 saturated heterocycles. The quantitative estimate of drug-likeness (QED) is 0.504. The van der Waals surface area contributed by atoms with Crippen molar-refractivity contribution in [2.75, 3.05) is 19.7 Å². The molecule has 2 atom stereocenters. The summed E-state index contributed by atoms with van der Waals surface area (Å²) in [6, 6.07) is -1.02. The van der Waals surface area contributed by atoms with Gasteiger partial charge in [-0.3, -0.25) is 4.90 Å². The van der Waals surface area contributed by atoms with E-state index in [9.17, 15) is 9.59 Å². The molecule has 0 spiro atoms. The molecule has 1 aliphatic heterocycles. The molecule has 1 saturated carbocycles. The third kappa shape index (κ3) is 3.33. The Bertz CT molecular complexity index is 332. The number of aliphatic hydroxyl groups excluding tert-OH is 1. The van der Waals surface area contributed by atoms with Gasteiger partial charge in [-0.2, -0.15) is 0 Å². The summed E-state index contributed by atoms with van der Waals surface area (Å²) in [4.78, 5) is 24.5. The molecular weight excluding hydrogens is 238 g/mol. The van der Waals surface area contributed by atoms with Crippen LogP contribution in [0.5, 0.6) is 0 Å². The van der Waals surface area contributed by atoms with Crippen molar-refractivity contribution in [1.82, 2.24) is 15.5 Å². The number of amides is 2. The predicted molar refractivity (Wildman–Crippen MR) is 63.2 cm³/mol. The molecule has 2 amide bonds. The molecule has 0 aromatic rings. The van der Waals surface area contributed by atoms with Crippen LogP contribution in [0.15, 0.2) is 0 Å². The van der Waals surface area contributed by atoms with Gasteiger partial charge in [-0.05, 0) is 19.3 Å². The van der Waals surface area contributed by atoms with Gasteiger partial charge in [-0.25, -0.2) is 9.59 Å². The van der Waals surface area contributed by atoms with Crippen molar-refractivity contribution in [3.05, 3.63) is 0 Å². The first-order chi connectivity index (χ1) is 8.60. The Morgan fingerprint density at radius 1 is 1.33 bits per heavy atom. The van der Waals surface area contributed by atoms with E-state index in [1.807, 2.05) is 0 Å². The van der Waals surface area contributed by atoms with Gasteiger partial charge in [-0.1, -0.05) is 0 Å². The van der Waals surface area contributed by atoms with Gasteiger partial charge >= 0.3 is 12.0 Å². The van der Waals surface area contributed by atoms with E-state index in [2.05, 4.69) is 15.5 Å². The van der Waals surface area contributed by atoms with Gasteiger partial charge in [0.25, 0.3) is 0 Å². The number of hydrogen-bond donors (Lipinski definition) is 4. The number of nitrogens with one attached hydrogen (secondary N) is 2. The molecular formula is C11H19N3O4. The minimum atomic E-state index is -1.24. The van der Waals surface area contributed by atoms with Crippen molar-refractivity contribution in [2.45, 2.75) is 37.4 Å². The van der Waals surface area contributed by atoms with Crippen LogP contribution in [0, 0.1) is 0 Å². The number of carbonyl (C=O) groups excluding carboxylic acids is 1. The molecule has 0 aromatic heterocycles. The van der Waals surface area contributed by atoms with Gasteiger partial charge < -0.3 is 20.8 Å². The Morgan fingerprint density at radius 2 is 2.06 bits per heavy atom. The van der Waals surface area contributed by atoms with E-state index in [0.29, 0.717) is 6.04 Å². The number of urea groups is 1. The molecule has 102 valence electrons. The van der Waals surface area contributed by atoms with E-state index >= 15 is 0 Å². The van der Waals surface area contributed by atoms with Gasteiger partial charge in [0, 0.05) is 25.2 Å². The van der Waals surface area contributed by atoms with Crippen molar-refractivity contribution in [2.24, 2.45) is 0 Å². The highest BCUT2D eigenvalue weighted by Crippen LogP contribution is 2.29. The average molecular weight is 257 g/mol. The Morgan fingerprint density at radius 3 is 2.61 bits per heavy atom. The number of carboxylic acid groups (broad SMARTS) is 1. The summed E-state index contributed by atoms with van der Waals surface area (Å²) >= 11 is 0. The first-order valence-electron chi connectivity index (χ1n) is 6.25. The van der Waals surface area contributed by atoms with E-state index in [-0.39, 0.29) is 6.04 Å². The van der Waals surface area contributed by atoms with Gasteiger partial charge in [-0.15, -0.1) is 0 Å². The maximum atomic E-state index is 11.5. The molecule has 0 aromatic carbocycles. The second-order valence-electron chi connectivity index (χ2n) is 4.90. The summed E-state index contributed by atoms with van der Waals surface area (Å²) in [6.45, 7) is 1.20. The fraction of sp³-hybridized carbons (Fsp3) is 0.818. The molecule has 1 heterocycles. The van der Waals surface area contributed by atoms with Crippen molar-refractivity contribution in [1.29, 1.82) is 0 Å². The molecule has 2 aliphatic rings. The van der Waals surface area contributed by atoms with Crippen LogP contribution >= 0.6 is 0 Å². The van der Waals surface area contributed by atoms with Gasteiger partial charge in [0.05, 0.1) is 6.61 Å². The Kier molecular flexibility index (Phi) is 4.03. The molecule has 4 N–H and O–H groups in total. The summed E-state index contributed by atoms with van der Waals surface area (Å²) < 4.78 is 0. The Hall–Kier alpha value is -1.34. The molecule has 7 heteroatoms. The fourth-order valence-electron chi connectivity index (χ4n) is 2.25. The number of likely N-dealkylation sites (tertiary alicyclic amines) is 1. The van der Waals surface area contributed by atoms with E-state index < -0.39 is 24.6 Å².